The number of sulfone groups is 1. The van der Waals surface area contributed by atoms with Crippen molar-refractivity contribution >= 4 is 45.2 Å². The predicted octanol–water partition coefficient (Wildman–Crippen LogP) is 7.35. The fourth-order valence-corrected chi connectivity index (χ4v) is 10.4. The van der Waals surface area contributed by atoms with Gasteiger partial charge >= 0.3 is 12.2 Å². The van der Waals surface area contributed by atoms with Crippen molar-refractivity contribution in [2.45, 2.75) is 102 Å². The van der Waals surface area contributed by atoms with E-state index in [1.807, 2.05) is 31.2 Å². The Morgan fingerprint density at radius 2 is 1.43 bits per heavy atom. The molecule has 70 heavy (non-hydrogen) atoms. The molecule has 1 saturated carbocycles. The van der Waals surface area contributed by atoms with Crippen LogP contribution < -0.4 is 4.74 Å². The topological polar surface area (TPSA) is 246 Å². The summed E-state index contributed by atoms with van der Waals surface area (Å²) < 4.78 is 76.5. The van der Waals surface area contributed by atoms with Gasteiger partial charge in [-0.15, -0.1) is 20.2 Å². The third-order valence-electron chi connectivity index (χ3n) is 12.0. The van der Waals surface area contributed by atoms with Crippen LogP contribution >= 0.6 is 11.6 Å². The number of benzene rings is 2. The molecule has 0 spiro atoms. The molecule has 1 aromatic heterocycles. The second-order valence-electron chi connectivity index (χ2n) is 17.0. The van der Waals surface area contributed by atoms with Crippen LogP contribution in [0.4, 0.5) is 18.4 Å². The summed E-state index contributed by atoms with van der Waals surface area (Å²) in [6.07, 6.45) is 4.18. The van der Waals surface area contributed by atoms with Gasteiger partial charge in [-0.1, -0.05) is 35.9 Å². The van der Waals surface area contributed by atoms with Crippen molar-refractivity contribution in [2.75, 3.05) is 51.1 Å². The molecular formula is C46H54ClF2N5O15S. The summed E-state index contributed by atoms with van der Waals surface area (Å²) in [5.74, 6) is -3.30. The lowest BCUT2D eigenvalue weighted by Gasteiger charge is -2.47. The molecule has 1 saturated heterocycles. The SMILES string of the molecule is Cc1c(CN(C(=O)C2=C(c3ccc(CCCOc4c(F)ccc(F)c4Cl)cc3)CC3CS(=O)(=O)CC2N3C(=O)OCCCCO[N+](=O)[O-])C2CC2)ccnc1CCCOC(=O)OCCCCO[N+](=O)[O-]. The number of halogens is 3. The number of hydrogen-bond donors (Lipinski definition) is 0. The molecule has 2 aliphatic heterocycles. The van der Waals surface area contributed by atoms with Crippen LogP contribution in [0.3, 0.4) is 0 Å². The number of carbonyl (C=O) groups is 3. The first-order valence-corrected chi connectivity index (χ1v) is 25.1. The Morgan fingerprint density at radius 1 is 0.814 bits per heavy atom. The minimum Gasteiger partial charge on any atom is -0.489 e. The van der Waals surface area contributed by atoms with E-state index in [0.29, 0.717) is 68.2 Å². The number of ether oxygens (including phenoxy) is 4. The summed E-state index contributed by atoms with van der Waals surface area (Å²) in [6, 6.07) is 8.74. The fraction of sp³-hybridized carbons (Fsp3) is 0.522. The fourth-order valence-electron chi connectivity index (χ4n) is 8.38. The van der Waals surface area contributed by atoms with Gasteiger partial charge < -0.3 is 33.5 Å². The molecule has 20 nitrogen and oxygen atoms in total. The number of hydrogen-bond acceptors (Lipinski definition) is 16. The molecular weight excluding hydrogens is 968 g/mol. The zero-order chi connectivity index (χ0) is 50.4. The van der Waals surface area contributed by atoms with Crippen molar-refractivity contribution < 1.29 is 70.4 Å². The zero-order valence-corrected chi connectivity index (χ0v) is 40.0. The summed E-state index contributed by atoms with van der Waals surface area (Å²) in [6.45, 7) is 1.65. The minimum absolute atomic E-state index is 0.00738. The van der Waals surface area contributed by atoms with Crippen molar-refractivity contribution in [3.05, 3.63) is 119 Å². The van der Waals surface area contributed by atoms with E-state index in [9.17, 15) is 47.0 Å². The highest BCUT2D eigenvalue weighted by molar-refractivity contribution is 7.91. The summed E-state index contributed by atoms with van der Waals surface area (Å²) in [5.41, 5.74) is 4.55. The summed E-state index contributed by atoms with van der Waals surface area (Å²) >= 11 is 5.90. The highest BCUT2D eigenvalue weighted by Gasteiger charge is 2.51. The van der Waals surface area contributed by atoms with E-state index >= 15 is 4.79 Å². The van der Waals surface area contributed by atoms with Gasteiger partial charge in [0.05, 0.1) is 63.2 Å². The molecule has 2 unspecified atom stereocenters. The first kappa shape index (κ1) is 53.0. The Kier molecular flexibility index (Phi) is 18.9. The number of amides is 2. The van der Waals surface area contributed by atoms with Crippen LogP contribution in [0.2, 0.25) is 5.02 Å². The average molecular weight is 1020 g/mol. The van der Waals surface area contributed by atoms with E-state index in [1.54, 1.807) is 17.2 Å². The highest BCUT2D eigenvalue weighted by Crippen LogP contribution is 2.42. The van der Waals surface area contributed by atoms with Gasteiger partial charge in [0.1, 0.15) is 10.8 Å². The molecule has 2 fully saturated rings. The van der Waals surface area contributed by atoms with Crippen molar-refractivity contribution in [2.24, 2.45) is 0 Å². The van der Waals surface area contributed by atoms with Gasteiger partial charge in [0.25, 0.3) is 16.1 Å². The Labute approximate surface area is 407 Å². The van der Waals surface area contributed by atoms with E-state index in [4.69, 9.17) is 30.5 Å². The molecule has 2 atom stereocenters. The number of nitrogens with zero attached hydrogens (tertiary/aromatic N) is 5. The van der Waals surface area contributed by atoms with Gasteiger partial charge in [0.2, 0.25) is 0 Å². The van der Waals surface area contributed by atoms with Gasteiger partial charge in [-0.2, -0.15) is 0 Å². The molecule has 0 radical (unpaired) electrons. The first-order valence-electron chi connectivity index (χ1n) is 22.9. The van der Waals surface area contributed by atoms with Gasteiger partial charge in [-0.3, -0.25) is 14.7 Å². The van der Waals surface area contributed by atoms with Crippen LogP contribution in [-0.2, 0) is 57.9 Å². The lowest BCUT2D eigenvalue weighted by atomic mass is 9.84. The lowest BCUT2D eigenvalue weighted by Crippen LogP contribution is -2.61. The van der Waals surface area contributed by atoms with E-state index < -0.39 is 72.7 Å². The Hall–Kier alpha value is -6.36. The monoisotopic (exact) mass is 1020 g/mol. The maximum Gasteiger partial charge on any atom is 0.508 e. The second-order valence-corrected chi connectivity index (χ2v) is 19.5. The maximum absolute atomic E-state index is 15.3. The molecule has 1 aliphatic carbocycles. The van der Waals surface area contributed by atoms with Crippen molar-refractivity contribution in [1.82, 2.24) is 14.8 Å². The molecule has 3 aliphatic rings. The molecule has 6 rings (SSSR count). The Balaban J connectivity index is 1.20. The number of rotatable bonds is 26. The summed E-state index contributed by atoms with van der Waals surface area (Å²) in [5, 5.41) is 18.6. The van der Waals surface area contributed by atoms with Gasteiger partial charge in [0, 0.05) is 30.1 Å². The third-order valence-corrected chi connectivity index (χ3v) is 14.1. The zero-order valence-electron chi connectivity index (χ0n) is 38.4. The molecule has 380 valence electrons. The average Bonchev–Trinajstić information content (AvgIpc) is 4.16. The van der Waals surface area contributed by atoms with Crippen LogP contribution in [0, 0.1) is 38.8 Å². The standard InChI is InChI=1S/C46H54ClF2N5O15S/c1-30-33(18-19-50-39(30)9-7-23-67-46(57)66-21-3-5-25-69-54(60)61)27-51(34-14-15-34)44(55)41-36(32-12-10-31(11-13-32)8-6-22-64-43-38(49)17-16-37(48)42(43)47)26-35-28-70(62,63)29-40(41)52(35)45(56)65-20-2-4-24-68-53(58)59/h10-13,16-19,34-35,40H,2-9,14-15,20-29H2,1H3. The van der Waals surface area contributed by atoms with E-state index in [0.717, 1.165) is 28.8 Å². The number of pyridine rings is 1. The largest absolute Gasteiger partial charge is 0.508 e. The van der Waals surface area contributed by atoms with Crippen molar-refractivity contribution in [1.29, 1.82) is 0 Å². The van der Waals surface area contributed by atoms with Crippen molar-refractivity contribution in [3.63, 3.8) is 0 Å². The molecule has 3 heterocycles. The smallest absolute Gasteiger partial charge is 0.489 e. The molecule has 0 N–H and O–H groups in total. The normalized spacial score (nSPS) is 17.1. The summed E-state index contributed by atoms with van der Waals surface area (Å²) in [7, 11) is -3.77. The molecule has 2 bridgehead atoms. The van der Waals surface area contributed by atoms with Crippen LogP contribution in [0.5, 0.6) is 5.75 Å². The summed E-state index contributed by atoms with van der Waals surface area (Å²) in [4.78, 5) is 78.3. The highest BCUT2D eigenvalue weighted by atomic mass is 35.5. The van der Waals surface area contributed by atoms with Gasteiger partial charge in [-0.05, 0) is 124 Å². The number of fused-ring (bicyclic) bond motifs is 2. The van der Waals surface area contributed by atoms with Crippen LogP contribution in [-0.4, -0.2) is 121 Å². The number of carbonyl (C=O) groups excluding carboxylic acids is 3. The number of aromatic nitrogens is 1. The molecule has 24 heteroatoms. The first-order chi connectivity index (χ1) is 33.5. The Bertz CT molecular complexity index is 2520. The van der Waals surface area contributed by atoms with E-state index in [1.165, 1.54) is 4.90 Å². The maximum atomic E-state index is 15.3. The third kappa shape index (κ3) is 14.8. The van der Waals surface area contributed by atoms with Crippen LogP contribution in [0.25, 0.3) is 5.57 Å². The lowest BCUT2D eigenvalue weighted by molar-refractivity contribution is -0.757. The van der Waals surface area contributed by atoms with Gasteiger partial charge in [0.15, 0.2) is 21.4 Å². The second kappa shape index (κ2) is 25.0. The minimum atomic E-state index is -3.77. The molecule has 2 amide bonds. The Morgan fingerprint density at radius 3 is 2.09 bits per heavy atom. The van der Waals surface area contributed by atoms with Crippen LogP contribution in [0.1, 0.15) is 85.7 Å². The van der Waals surface area contributed by atoms with Gasteiger partial charge in [-0.25, -0.2) is 26.8 Å². The predicted molar refractivity (Wildman–Crippen MR) is 245 cm³/mol. The van der Waals surface area contributed by atoms with E-state index in [-0.39, 0.29) is 88.6 Å². The number of unbranched alkanes of at least 4 members (excludes halogenated alkanes) is 2. The van der Waals surface area contributed by atoms with E-state index in [2.05, 4.69) is 14.7 Å². The molecule has 2 aromatic carbocycles. The van der Waals surface area contributed by atoms with Crippen LogP contribution in [0.15, 0.2) is 54.2 Å². The molecule has 3 aromatic rings. The number of aryl methyl sites for hydroxylation is 2. The quantitative estimate of drug-likeness (QED) is 0.0251. The van der Waals surface area contributed by atoms with Crippen molar-refractivity contribution in [3.8, 4) is 5.75 Å².